The van der Waals surface area contributed by atoms with E-state index in [9.17, 15) is 4.79 Å². The fraction of sp³-hybridized carbons (Fsp3) is 0.150. The molecule has 0 fully saturated rings. The molecule has 4 aromatic rings. The van der Waals surface area contributed by atoms with Gasteiger partial charge >= 0.3 is 0 Å². The Morgan fingerprint density at radius 3 is 2.82 bits per heavy atom. The van der Waals surface area contributed by atoms with E-state index in [4.69, 9.17) is 23.2 Å². The molecule has 0 atom stereocenters. The van der Waals surface area contributed by atoms with Gasteiger partial charge in [0.25, 0.3) is 5.91 Å². The molecule has 0 aliphatic carbocycles. The van der Waals surface area contributed by atoms with Crippen LogP contribution in [0.25, 0.3) is 10.2 Å². The van der Waals surface area contributed by atoms with Crippen LogP contribution in [0.2, 0.25) is 10.0 Å². The van der Waals surface area contributed by atoms with Crippen LogP contribution in [0.3, 0.4) is 0 Å². The molecule has 0 aliphatic heterocycles. The number of carbonyl (C=O) groups is 1. The molecule has 142 valence electrons. The summed E-state index contributed by atoms with van der Waals surface area (Å²) in [6, 6.07) is 12.9. The van der Waals surface area contributed by atoms with E-state index in [0.29, 0.717) is 28.0 Å². The first-order chi connectivity index (χ1) is 13.5. The van der Waals surface area contributed by atoms with E-state index in [1.807, 2.05) is 41.9 Å². The van der Waals surface area contributed by atoms with E-state index in [2.05, 4.69) is 15.4 Å². The number of thiophene rings is 1. The smallest absolute Gasteiger partial charge is 0.261 e. The number of hydrogen-bond donors (Lipinski definition) is 1. The Morgan fingerprint density at radius 1 is 1.21 bits per heavy atom. The first-order valence-electron chi connectivity index (χ1n) is 8.60. The number of nitrogens with one attached hydrogen (secondary N) is 1. The van der Waals surface area contributed by atoms with E-state index < -0.39 is 0 Å². The first kappa shape index (κ1) is 18.9. The zero-order valence-electron chi connectivity index (χ0n) is 14.9. The number of rotatable bonds is 5. The van der Waals surface area contributed by atoms with Gasteiger partial charge in [-0.25, -0.2) is 0 Å². The topological polar surface area (TPSA) is 59.8 Å². The number of fused-ring (bicyclic) bond motifs is 1. The molecule has 0 unspecified atom stereocenters. The summed E-state index contributed by atoms with van der Waals surface area (Å²) in [4.78, 5) is 18.4. The second kappa shape index (κ2) is 7.91. The lowest BCUT2D eigenvalue weighted by Gasteiger charge is -2.06. The molecule has 0 bridgehead atoms. The van der Waals surface area contributed by atoms with Crippen molar-refractivity contribution >= 4 is 50.7 Å². The van der Waals surface area contributed by atoms with Gasteiger partial charge in [-0.1, -0.05) is 35.3 Å². The zero-order chi connectivity index (χ0) is 19.7. The van der Waals surface area contributed by atoms with Gasteiger partial charge in [-0.15, -0.1) is 11.3 Å². The van der Waals surface area contributed by atoms with Crippen LogP contribution < -0.4 is 5.32 Å². The van der Waals surface area contributed by atoms with Gasteiger partial charge in [-0.05, 0) is 42.8 Å². The quantitative estimate of drug-likeness (QED) is 0.479. The summed E-state index contributed by atoms with van der Waals surface area (Å²) in [5.74, 6) is -0.123. The van der Waals surface area contributed by atoms with E-state index in [0.717, 1.165) is 27.2 Å². The minimum Gasteiger partial charge on any atom is -0.346 e. The fourth-order valence-corrected chi connectivity index (χ4v) is 4.45. The summed E-state index contributed by atoms with van der Waals surface area (Å²) in [5, 5.41) is 9.67. The van der Waals surface area contributed by atoms with Crippen LogP contribution in [0.4, 0.5) is 0 Å². The maximum atomic E-state index is 12.6. The molecule has 1 amide bonds. The minimum atomic E-state index is -0.123. The third-order valence-electron chi connectivity index (χ3n) is 4.32. The number of carbonyl (C=O) groups excluding carboxylic acids is 1. The molecule has 0 aliphatic rings. The van der Waals surface area contributed by atoms with Crippen molar-refractivity contribution in [3.63, 3.8) is 0 Å². The standard InChI is InChI=1S/C20H16Cl2N4OS/c1-12-16-9-18(19(27)24-10-15-4-2-3-7-23-15)28-20(16)26(25-12)11-13-5-6-14(21)8-17(13)22/h2-9H,10-11H2,1H3,(H,24,27). The van der Waals surface area contributed by atoms with Gasteiger partial charge in [0.15, 0.2) is 0 Å². The number of aromatic nitrogens is 3. The lowest BCUT2D eigenvalue weighted by atomic mass is 10.2. The van der Waals surface area contributed by atoms with E-state index >= 15 is 0 Å². The van der Waals surface area contributed by atoms with Crippen molar-refractivity contribution in [2.45, 2.75) is 20.0 Å². The van der Waals surface area contributed by atoms with Gasteiger partial charge in [-0.3, -0.25) is 14.5 Å². The molecule has 1 aromatic carbocycles. The Balaban J connectivity index is 1.57. The van der Waals surface area contributed by atoms with Crippen LogP contribution in [-0.2, 0) is 13.1 Å². The normalized spacial score (nSPS) is 11.1. The maximum Gasteiger partial charge on any atom is 0.261 e. The molecular formula is C20H16Cl2N4OS. The average Bonchev–Trinajstić information content (AvgIpc) is 3.24. The van der Waals surface area contributed by atoms with Gasteiger partial charge in [0.1, 0.15) is 4.83 Å². The Kier molecular flexibility index (Phi) is 5.35. The van der Waals surface area contributed by atoms with Gasteiger partial charge in [0, 0.05) is 21.6 Å². The predicted molar refractivity (Wildman–Crippen MR) is 113 cm³/mol. The number of halogens is 2. The molecule has 1 N–H and O–H groups in total. The van der Waals surface area contributed by atoms with Crippen molar-refractivity contribution in [3.8, 4) is 0 Å². The lowest BCUT2D eigenvalue weighted by molar-refractivity contribution is 0.0954. The lowest BCUT2D eigenvalue weighted by Crippen LogP contribution is -2.22. The Morgan fingerprint density at radius 2 is 2.07 bits per heavy atom. The van der Waals surface area contributed by atoms with Crippen molar-refractivity contribution < 1.29 is 4.79 Å². The number of benzene rings is 1. The molecular weight excluding hydrogens is 415 g/mol. The first-order valence-corrected chi connectivity index (χ1v) is 10.2. The van der Waals surface area contributed by atoms with Gasteiger partial charge in [0.2, 0.25) is 0 Å². The summed E-state index contributed by atoms with van der Waals surface area (Å²) in [6.07, 6.45) is 1.71. The van der Waals surface area contributed by atoms with Crippen LogP contribution in [0.5, 0.6) is 0 Å². The van der Waals surface area contributed by atoms with Crippen LogP contribution in [-0.4, -0.2) is 20.7 Å². The number of pyridine rings is 1. The van der Waals surface area contributed by atoms with Crippen molar-refractivity contribution in [1.29, 1.82) is 0 Å². The Bertz CT molecular complexity index is 1150. The van der Waals surface area contributed by atoms with Gasteiger partial charge in [-0.2, -0.15) is 5.10 Å². The fourth-order valence-electron chi connectivity index (χ4n) is 2.90. The average molecular weight is 431 g/mol. The molecule has 0 saturated carbocycles. The van der Waals surface area contributed by atoms with Crippen LogP contribution in [0.1, 0.15) is 26.6 Å². The minimum absolute atomic E-state index is 0.123. The Hall–Kier alpha value is -2.41. The SMILES string of the molecule is Cc1nn(Cc2ccc(Cl)cc2Cl)c2sc(C(=O)NCc3ccccn3)cc12. The summed E-state index contributed by atoms with van der Waals surface area (Å²) in [5.41, 5.74) is 2.61. The molecule has 0 radical (unpaired) electrons. The molecule has 4 rings (SSSR count). The third kappa shape index (κ3) is 3.90. The molecule has 0 saturated heterocycles. The van der Waals surface area contributed by atoms with Crippen LogP contribution in [0, 0.1) is 6.92 Å². The third-order valence-corrected chi connectivity index (χ3v) is 6.06. The van der Waals surface area contributed by atoms with Gasteiger partial charge in [0.05, 0.1) is 29.4 Å². The highest BCUT2D eigenvalue weighted by Gasteiger charge is 2.17. The van der Waals surface area contributed by atoms with E-state index in [1.165, 1.54) is 11.3 Å². The summed E-state index contributed by atoms with van der Waals surface area (Å²) >= 11 is 13.7. The molecule has 3 aromatic heterocycles. The highest BCUT2D eigenvalue weighted by atomic mass is 35.5. The monoisotopic (exact) mass is 430 g/mol. The predicted octanol–water partition coefficient (Wildman–Crippen LogP) is 5.09. The van der Waals surface area contributed by atoms with Gasteiger partial charge < -0.3 is 5.32 Å². The Labute approximate surface area is 175 Å². The highest BCUT2D eigenvalue weighted by molar-refractivity contribution is 7.20. The summed E-state index contributed by atoms with van der Waals surface area (Å²) in [6.45, 7) is 2.83. The number of amides is 1. The van der Waals surface area contributed by atoms with Crippen molar-refractivity contribution in [2.24, 2.45) is 0 Å². The number of nitrogens with zero attached hydrogens (tertiary/aromatic N) is 3. The highest BCUT2D eigenvalue weighted by Crippen LogP contribution is 2.30. The zero-order valence-corrected chi connectivity index (χ0v) is 17.3. The molecule has 8 heteroatoms. The number of aryl methyl sites for hydroxylation is 1. The maximum absolute atomic E-state index is 12.6. The molecule has 0 spiro atoms. The summed E-state index contributed by atoms with van der Waals surface area (Å²) in [7, 11) is 0. The van der Waals surface area contributed by atoms with Crippen LogP contribution in [0.15, 0.2) is 48.7 Å². The van der Waals surface area contributed by atoms with Crippen molar-refractivity contribution in [2.75, 3.05) is 0 Å². The molecule has 3 heterocycles. The second-order valence-corrected chi connectivity index (χ2v) is 8.19. The van der Waals surface area contributed by atoms with Crippen molar-refractivity contribution in [3.05, 3.63) is 80.5 Å². The van der Waals surface area contributed by atoms with Crippen LogP contribution >= 0.6 is 34.5 Å². The molecule has 5 nitrogen and oxygen atoms in total. The second-order valence-electron chi connectivity index (χ2n) is 6.31. The van der Waals surface area contributed by atoms with E-state index in [1.54, 1.807) is 18.3 Å². The largest absolute Gasteiger partial charge is 0.346 e. The van der Waals surface area contributed by atoms with E-state index in [-0.39, 0.29) is 5.91 Å². The van der Waals surface area contributed by atoms with Crippen molar-refractivity contribution in [1.82, 2.24) is 20.1 Å². The number of hydrogen-bond acceptors (Lipinski definition) is 4. The summed E-state index contributed by atoms with van der Waals surface area (Å²) < 4.78 is 1.87. The molecule has 28 heavy (non-hydrogen) atoms.